The number of ether oxygens (including phenoxy) is 2. The average molecular weight is 355 g/mol. The normalized spacial score (nSPS) is 14.9. The van der Waals surface area contributed by atoms with E-state index in [1.165, 1.54) is 0 Å². The predicted molar refractivity (Wildman–Crippen MR) is 95.0 cm³/mol. The van der Waals surface area contributed by atoms with Crippen LogP contribution in [0.15, 0.2) is 36.9 Å². The zero-order valence-corrected chi connectivity index (χ0v) is 14.7. The van der Waals surface area contributed by atoms with Crippen molar-refractivity contribution in [2.75, 3.05) is 40.0 Å². The highest BCUT2D eigenvalue weighted by Crippen LogP contribution is 2.23. The molecule has 0 unspecified atom stereocenters. The van der Waals surface area contributed by atoms with Gasteiger partial charge in [0.25, 0.3) is 5.91 Å². The fourth-order valence-electron chi connectivity index (χ4n) is 3.09. The Kier molecular flexibility index (Phi) is 4.68. The first-order chi connectivity index (χ1) is 12.8. The van der Waals surface area contributed by atoms with Gasteiger partial charge in [-0.3, -0.25) is 9.20 Å². The number of aromatic nitrogens is 4. The molecule has 26 heavy (non-hydrogen) atoms. The van der Waals surface area contributed by atoms with E-state index >= 15 is 0 Å². The van der Waals surface area contributed by atoms with Gasteiger partial charge >= 0.3 is 0 Å². The summed E-state index contributed by atoms with van der Waals surface area (Å²) in [5.74, 6) is 0.593. The van der Waals surface area contributed by atoms with Gasteiger partial charge in [-0.25, -0.2) is 9.97 Å². The molecule has 1 saturated heterocycles. The van der Waals surface area contributed by atoms with Gasteiger partial charge in [-0.2, -0.15) is 0 Å². The van der Waals surface area contributed by atoms with Crippen LogP contribution < -0.4 is 0 Å². The molecule has 136 valence electrons. The Morgan fingerprint density at radius 1 is 1.31 bits per heavy atom. The van der Waals surface area contributed by atoms with Crippen LogP contribution in [0.4, 0.5) is 0 Å². The van der Waals surface area contributed by atoms with Crippen molar-refractivity contribution < 1.29 is 14.3 Å². The summed E-state index contributed by atoms with van der Waals surface area (Å²) in [6.07, 6.45) is 5.58. The topological polar surface area (TPSA) is 73.9 Å². The van der Waals surface area contributed by atoms with Gasteiger partial charge in [0, 0.05) is 39.1 Å². The van der Waals surface area contributed by atoms with Crippen molar-refractivity contribution in [2.45, 2.75) is 6.54 Å². The fourth-order valence-corrected chi connectivity index (χ4v) is 3.09. The molecule has 0 aliphatic carbocycles. The number of hydrogen-bond acceptors (Lipinski definition) is 5. The smallest absolute Gasteiger partial charge is 0.274 e. The lowest BCUT2D eigenvalue weighted by molar-refractivity contribution is 0.0301. The Morgan fingerprint density at radius 3 is 2.96 bits per heavy atom. The number of imidazole rings is 2. The predicted octanol–water partition coefficient (Wildman–Crippen LogP) is 1.32. The van der Waals surface area contributed by atoms with Gasteiger partial charge in [0.2, 0.25) is 0 Å². The average Bonchev–Trinajstić information content (AvgIpc) is 3.31. The highest BCUT2D eigenvalue weighted by atomic mass is 16.5. The number of carbonyl (C=O) groups excluding carboxylic acids is 1. The van der Waals surface area contributed by atoms with Crippen molar-refractivity contribution in [2.24, 2.45) is 0 Å². The molecule has 8 heteroatoms. The van der Waals surface area contributed by atoms with E-state index in [2.05, 4.69) is 9.97 Å². The summed E-state index contributed by atoms with van der Waals surface area (Å²) < 4.78 is 14.3. The third kappa shape index (κ3) is 3.09. The minimum absolute atomic E-state index is 0.0675. The molecule has 0 N–H and O–H groups in total. The number of hydrogen-bond donors (Lipinski definition) is 0. The highest BCUT2D eigenvalue weighted by Gasteiger charge is 2.25. The monoisotopic (exact) mass is 355 g/mol. The molecule has 0 aromatic carbocycles. The van der Waals surface area contributed by atoms with Gasteiger partial charge in [0.15, 0.2) is 11.5 Å². The molecule has 4 rings (SSSR count). The standard InChI is InChI=1S/C18H21N5O3/c1-25-9-6-21-12-14(19-13-21)17-20-16(15-4-2-3-5-23(15)17)18(24)22-7-10-26-11-8-22/h2-5,12-13H,6-11H2,1H3. The summed E-state index contributed by atoms with van der Waals surface area (Å²) in [6.45, 7) is 3.63. The molecule has 3 aromatic rings. The number of nitrogens with zero attached hydrogens (tertiary/aromatic N) is 5. The maximum Gasteiger partial charge on any atom is 0.274 e. The van der Waals surface area contributed by atoms with Gasteiger partial charge in [-0.05, 0) is 12.1 Å². The van der Waals surface area contributed by atoms with Crippen molar-refractivity contribution >= 4 is 11.4 Å². The fraction of sp³-hybridized carbons (Fsp3) is 0.389. The lowest BCUT2D eigenvalue weighted by atomic mass is 10.3. The number of morpholine rings is 1. The van der Waals surface area contributed by atoms with Crippen LogP contribution >= 0.6 is 0 Å². The van der Waals surface area contributed by atoms with E-state index in [-0.39, 0.29) is 5.91 Å². The third-order valence-corrected chi connectivity index (χ3v) is 4.47. The number of carbonyl (C=O) groups is 1. The maximum atomic E-state index is 13.0. The van der Waals surface area contributed by atoms with Crippen molar-refractivity contribution in [1.82, 2.24) is 23.8 Å². The maximum absolute atomic E-state index is 13.0. The Hall–Kier alpha value is -2.71. The Morgan fingerprint density at radius 2 is 2.15 bits per heavy atom. The van der Waals surface area contributed by atoms with E-state index in [9.17, 15) is 4.79 Å². The molecule has 0 spiro atoms. The Labute approximate surface area is 151 Å². The number of amides is 1. The van der Waals surface area contributed by atoms with Crippen molar-refractivity contribution in [1.29, 1.82) is 0 Å². The van der Waals surface area contributed by atoms with Crippen LogP contribution in [0.5, 0.6) is 0 Å². The largest absolute Gasteiger partial charge is 0.383 e. The lowest BCUT2D eigenvalue weighted by Gasteiger charge is -2.26. The van der Waals surface area contributed by atoms with Gasteiger partial charge in [0.1, 0.15) is 5.69 Å². The molecule has 0 bridgehead atoms. The van der Waals surface area contributed by atoms with Crippen LogP contribution in [0, 0.1) is 0 Å². The molecule has 0 saturated carbocycles. The van der Waals surface area contributed by atoms with E-state index in [0.717, 1.165) is 11.2 Å². The Balaban J connectivity index is 1.72. The quantitative estimate of drug-likeness (QED) is 0.690. The number of fused-ring (bicyclic) bond motifs is 1. The molecule has 0 radical (unpaired) electrons. The first kappa shape index (κ1) is 16.7. The van der Waals surface area contributed by atoms with Gasteiger partial charge in [0.05, 0.1) is 31.7 Å². The summed E-state index contributed by atoms with van der Waals surface area (Å²) in [5.41, 5.74) is 1.96. The molecule has 8 nitrogen and oxygen atoms in total. The van der Waals surface area contributed by atoms with Crippen LogP contribution in [-0.2, 0) is 16.0 Å². The van der Waals surface area contributed by atoms with Gasteiger partial charge in [-0.15, -0.1) is 0 Å². The van der Waals surface area contributed by atoms with Gasteiger partial charge in [-0.1, -0.05) is 6.07 Å². The second-order valence-electron chi connectivity index (χ2n) is 6.13. The second kappa shape index (κ2) is 7.27. The molecule has 1 amide bonds. The first-order valence-electron chi connectivity index (χ1n) is 8.63. The van der Waals surface area contributed by atoms with Crippen LogP contribution in [0.25, 0.3) is 17.0 Å². The molecule has 1 aliphatic heterocycles. The van der Waals surface area contributed by atoms with Crippen LogP contribution in [0.1, 0.15) is 10.5 Å². The Bertz CT molecular complexity index is 911. The summed E-state index contributed by atoms with van der Waals surface area (Å²) in [6, 6.07) is 5.74. The molecule has 1 fully saturated rings. The van der Waals surface area contributed by atoms with E-state index < -0.39 is 0 Å². The number of rotatable bonds is 5. The van der Waals surface area contributed by atoms with Crippen molar-refractivity contribution in [3.63, 3.8) is 0 Å². The lowest BCUT2D eigenvalue weighted by Crippen LogP contribution is -2.40. The van der Waals surface area contributed by atoms with E-state index in [4.69, 9.17) is 9.47 Å². The molecule has 4 heterocycles. The molecular weight excluding hydrogens is 334 g/mol. The highest BCUT2D eigenvalue weighted by molar-refractivity contribution is 6.00. The zero-order chi connectivity index (χ0) is 17.9. The van der Waals surface area contributed by atoms with E-state index in [0.29, 0.717) is 51.0 Å². The minimum Gasteiger partial charge on any atom is -0.383 e. The molecule has 3 aromatic heterocycles. The zero-order valence-electron chi connectivity index (χ0n) is 14.7. The summed E-state index contributed by atoms with van der Waals surface area (Å²) in [5, 5.41) is 0. The second-order valence-corrected chi connectivity index (χ2v) is 6.13. The molecular formula is C18H21N5O3. The van der Waals surface area contributed by atoms with E-state index in [1.54, 1.807) is 18.3 Å². The van der Waals surface area contributed by atoms with Crippen LogP contribution in [0.3, 0.4) is 0 Å². The SMILES string of the molecule is COCCn1cnc(-c2nc(C(=O)N3CCOCC3)c3ccccn23)c1. The number of pyridine rings is 1. The number of methoxy groups -OCH3 is 1. The van der Waals surface area contributed by atoms with E-state index in [1.807, 2.05) is 39.6 Å². The van der Waals surface area contributed by atoms with Gasteiger partial charge < -0.3 is 18.9 Å². The minimum atomic E-state index is -0.0675. The van der Waals surface area contributed by atoms with Crippen LogP contribution in [0.2, 0.25) is 0 Å². The first-order valence-corrected chi connectivity index (χ1v) is 8.63. The summed E-state index contributed by atoms with van der Waals surface area (Å²) >= 11 is 0. The van der Waals surface area contributed by atoms with Crippen molar-refractivity contribution in [3.8, 4) is 11.5 Å². The summed E-state index contributed by atoms with van der Waals surface area (Å²) in [4.78, 5) is 23.9. The van der Waals surface area contributed by atoms with Crippen molar-refractivity contribution in [3.05, 3.63) is 42.6 Å². The molecule has 1 aliphatic rings. The summed E-state index contributed by atoms with van der Waals surface area (Å²) in [7, 11) is 1.67. The molecule has 0 atom stereocenters. The van der Waals surface area contributed by atoms with Crippen LogP contribution in [-0.4, -0.2) is 69.8 Å². The third-order valence-electron chi connectivity index (χ3n) is 4.47.